The van der Waals surface area contributed by atoms with Gasteiger partial charge in [0, 0.05) is 11.6 Å². The average Bonchev–Trinajstić information content (AvgIpc) is 2.76. The van der Waals surface area contributed by atoms with Gasteiger partial charge >= 0.3 is 6.18 Å². The van der Waals surface area contributed by atoms with Crippen LogP contribution in [0, 0.1) is 0 Å². The first-order valence-electron chi connectivity index (χ1n) is 4.70. The molecule has 0 atom stereocenters. The van der Waals surface area contributed by atoms with E-state index >= 15 is 0 Å². The summed E-state index contributed by atoms with van der Waals surface area (Å²) in [6.07, 6.45) is -4.37. The van der Waals surface area contributed by atoms with Crippen LogP contribution >= 0.6 is 11.6 Å². The zero-order valence-corrected chi connectivity index (χ0v) is 9.22. The van der Waals surface area contributed by atoms with Gasteiger partial charge in [0.05, 0.1) is 17.1 Å². The molecule has 0 aliphatic rings. The van der Waals surface area contributed by atoms with Crippen LogP contribution in [-0.4, -0.2) is 5.16 Å². The quantitative estimate of drug-likeness (QED) is 0.761. The number of benzene rings is 1. The number of nitrogens with zero attached hydrogens (tertiary/aromatic N) is 1. The molecular formula is C11H7ClF3NO. The molecule has 2 rings (SSSR count). The number of hydrogen-bond donors (Lipinski definition) is 0. The Balaban J connectivity index is 2.39. The van der Waals surface area contributed by atoms with Gasteiger partial charge in [-0.1, -0.05) is 17.3 Å². The lowest BCUT2D eigenvalue weighted by Crippen LogP contribution is -2.04. The van der Waals surface area contributed by atoms with E-state index in [0.717, 1.165) is 12.1 Å². The third-order valence-corrected chi connectivity index (χ3v) is 2.44. The second-order valence-electron chi connectivity index (χ2n) is 3.39. The summed E-state index contributed by atoms with van der Waals surface area (Å²) < 4.78 is 42.4. The van der Waals surface area contributed by atoms with Crippen molar-refractivity contribution in [1.82, 2.24) is 5.16 Å². The fourth-order valence-corrected chi connectivity index (χ4v) is 1.49. The van der Waals surface area contributed by atoms with Crippen LogP contribution in [0.4, 0.5) is 13.2 Å². The van der Waals surface area contributed by atoms with E-state index in [0.29, 0.717) is 11.3 Å². The number of halogens is 4. The molecule has 0 fully saturated rings. The van der Waals surface area contributed by atoms with Crippen LogP contribution in [-0.2, 0) is 12.1 Å². The van der Waals surface area contributed by atoms with Crippen LogP contribution in [0.15, 0.2) is 34.9 Å². The molecule has 2 nitrogen and oxygen atoms in total. The molecular weight excluding hydrogens is 255 g/mol. The summed E-state index contributed by atoms with van der Waals surface area (Å²) in [6.45, 7) is 0. The summed E-state index contributed by atoms with van der Waals surface area (Å²) >= 11 is 5.53. The van der Waals surface area contributed by atoms with Crippen molar-refractivity contribution in [1.29, 1.82) is 0 Å². The zero-order chi connectivity index (χ0) is 12.5. The van der Waals surface area contributed by atoms with Crippen LogP contribution in [0.1, 0.15) is 11.3 Å². The van der Waals surface area contributed by atoms with Gasteiger partial charge in [-0.25, -0.2) is 0 Å². The normalized spacial score (nSPS) is 11.8. The van der Waals surface area contributed by atoms with Crippen molar-refractivity contribution in [2.24, 2.45) is 0 Å². The van der Waals surface area contributed by atoms with Gasteiger partial charge in [-0.3, -0.25) is 0 Å². The fraction of sp³-hybridized carbons (Fsp3) is 0.182. The first-order chi connectivity index (χ1) is 8.00. The highest BCUT2D eigenvalue weighted by atomic mass is 35.5. The van der Waals surface area contributed by atoms with Gasteiger partial charge in [0.25, 0.3) is 0 Å². The Kier molecular flexibility index (Phi) is 3.11. The molecule has 0 radical (unpaired) electrons. The molecule has 0 saturated heterocycles. The van der Waals surface area contributed by atoms with Crippen LogP contribution in [0.5, 0.6) is 0 Å². The number of hydrogen-bond acceptors (Lipinski definition) is 2. The maximum atomic E-state index is 12.5. The fourth-order valence-electron chi connectivity index (χ4n) is 1.36. The summed E-state index contributed by atoms with van der Waals surface area (Å²) in [7, 11) is 0. The first-order valence-corrected chi connectivity index (χ1v) is 5.23. The average molecular weight is 262 g/mol. The topological polar surface area (TPSA) is 26.0 Å². The summed E-state index contributed by atoms with van der Waals surface area (Å²) in [5.74, 6) is 0.425. The lowest BCUT2D eigenvalue weighted by Gasteiger charge is -2.06. The lowest BCUT2D eigenvalue weighted by atomic mass is 10.1. The minimum Gasteiger partial charge on any atom is -0.356 e. The molecule has 0 N–H and O–H groups in total. The maximum Gasteiger partial charge on any atom is 0.416 e. The van der Waals surface area contributed by atoms with Crippen molar-refractivity contribution in [2.45, 2.75) is 12.1 Å². The van der Waals surface area contributed by atoms with Gasteiger partial charge in [0.15, 0.2) is 5.76 Å². The van der Waals surface area contributed by atoms with Gasteiger partial charge in [-0.15, -0.1) is 11.6 Å². The van der Waals surface area contributed by atoms with E-state index in [1.165, 1.54) is 18.2 Å². The second-order valence-corrected chi connectivity index (χ2v) is 3.66. The van der Waals surface area contributed by atoms with Gasteiger partial charge < -0.3 is 4.52 Å². The molecule has 0 aliphatic heterocycles. The summed E-state index contributed by atoms with van der Waals surface area (Å²) in [5.41, 5.74) is 0.0848. The van der Waals surface area contributed by atoms with E-state index < -0.39 is 11.7 Å². The molecule has 1 aromatic carbocycles. The van der Waals surface area contributed by atoms with Crippen molar-refractivity contribution in [3.05, 3.63) is 41.6 Å². The number of rotatable bonds is 2. The minimum atomic E-state index is -4.37. The molecule has 0 spiro atoms. The van der Waals surface area contributed by atoms with E-state index in [1.54, 1.807) is 0 Å². The van der Waals surface area contributed by atoms with Gasteiger partial charge in [-0.2, -0.15) is 13.2 Å². The van der Waals surface area contributed by atoms with Gasteiger partial charge in [0.2, 0.25) is 0 Å². The Morgan fingerprint density at radius 3 is 2.59 bits per heavy atom. The summed E-state index contributed by atoms with van der Waals surface area (Å²) in [5, 5.41) is 3.61. The van der Waals surface area contributed by atoms with Crippen LogP contribution < -0.4 is 0 Å². The van der Waals surface area contributed by atoms with E-state index in [9.17, 15) is 13.2 Å². The Morgan fingerprint density at radius 1 is 1.24 bits per heavy atom. The summed E-state index contributed by atoms with van der Waals surface area (Å²) in [6, 6.07) is 6.37. The highest BCUT2D eigenvalue weighted by Gasteiger charge is 2.30. The lowest BCUT2D eigenvalue weighted by molar-refractivity contribution is -0.137. The molecule has 0 aliphatic carbocycles. The highest BCUT2D eigenvalue weighted by Crippen LogP contribution is 2.32. The predicted molar refractivity (Wildman–Crippen MR) is 56.5 cm³/mol. The third kappa shape index (κ3) is 2.61. The predicted octanol–water partition coefficient (Wildman–Crippen LogP) is 4.10. The number of aromatic nitrogens is 1. The van der Waals surface area contributed by atoms with Crippen LogP contribution in [0.25, 0.3) is 11.3 Å². The molecule has 6 heteroatoms. The molecule has 0 saturated carbocycles. The standard InChI is InChI=1S/C11H7ClF3NO/c12-6-9-5-10(17-16-9)7-2-1-3-8(4-7)11(13,14)15/h1-5H,6H2. The second kappa shape index (κ2) is 4.41. The largest absolute Gasteiger partial charge is 0.416 e. The molecule has 90 valence electrons. The van der Waals surface area contributed by atoms with E-state index in [-0.39, 0.29) is 11.6 Å². The van der Waals surface area contributed by atoms with Crippen LogP contribution in [0.3, 0.4) is 0 Å². The van der Waals surface area contributed by atoms with Gasteiger partial charge in [0.1, 0.15) is 0 Å². The maximum absolute atomic E-state index is 12.5. The molecule has 0 unspecified atom stereocenters. The van der Waals surface area contributed by atoms with Crippen molar-refractivity contribution < 1.29 is 17.7 Å². The molecule has 1 aromatic heterocycles. The van der Waals surface area contributed by atoms with Crippen molar-refractivity contribution in [2.75, 3.05) is 0 Å². The van der Waals surface area contributed by atoms with Crippen molar-refractivity contribution in [3.8, 4) is 11.3 Å². The third-order valence-electron chi connectivity index (χ3n) is 2.17. The minimum absolute atomic E-state index is 0.155. The molecule has 17 heavy (non-hydrogen) atoms. The van der Waals surface area contributed by atoms with Crippen molar-refractivity contribution in [3.63, 3.8) is 0 Å². The Morgan fingerprint density at radius 2 is 2.00 bits per heavy atom. The summed E-state index contributed by atoms with van der Waals surface area (Å²) in [4.78, 5) is 0. The van der Waals surface area contributed by atoms with E-state index in [2.05, 4.69) is 5.16 Å². The first kappa shape index (κ1) is 12.0. The Hall–Kier alpha value is -1.49. The van der Waals surface area contributed by atoms with Crippen LogP contribution in [0.2, 0.25) is 0 Å². The molecule has 2 aromatic rings. The monoisotopic (exact) mass is 261 g/mol. The SMILES string of the molecule is FC(F)(F)c1cccc(-c2cc(CCl)no2)c1. The molecule has 1 heterocycles. The number of alkyl halides is 4. The van der Waals surface area contributed by atoms with E-state index in [1.807, 2.05) is 0 Å². The Labute approximate surface area is 100.0 Å². The van der Waals surface area contributed by atoms with Crippen molar-refractivity contribution >= 4 is 11.6 Å². The molecule has 0 bridgehead atoms. The van der Waals surface area contributed by atoms with E-state index in [4.69, 9.17) is 16.1 Å². The molecule has 0 amide bonds. The highest BCUT2D eigenvalue weighted by molar-refractivity contribution is 6.16. The Bertz CT molecular complexity index is 521. The smallest absolute Gasteiger partial charge is 0.356 e. The van der Waals surface area contributed by atoms with Gasteiger partial charge in [-0.05, 0) is 12.1 Å². The zero-order valence-electron chi connectivity index (χ0n) is 8.46.